The van der Waals surface area contributed by atoms with Gasteiger partial charge < -0.3 is 22.7 Å². The molecule has 0 aliphatic heterocycles. The number of rotatable bonds is 0. The molecule has 1 heterocycles. The Balaban J connectivity index is 0.000001000. The second kappa shape index (κ2) is 4.06. The molecule has 4 nitrogen and oxygen atoms in total. The number of hydrogen-bond donors (Lipinski definition) is 2. The summed E-state index contributed by atoms with van der Waals surface area (Å²) in [6, 6.07) is 0. The monoisotopic (exact) mass is 180 g/mol. The molecule has 1 rings (SSSR count). The summed E-state index contributed by atoms with van der Waals surface area (Å²) in [7, 11) is 0. The Morgan fingerprint density at radius 1 is 1.64 bits per heavy atom. The first-order chi connectivity index (χ1) is 4.61. The maximum atomic E-state index is 10.7. The SMILES string of the molecule is Cc1c(O)[nH]c([S-])nc1=O.[Na+]. The van der Waals surface area contributed by atoms with Crippen LogP contribution in [0, 0.1) is 6.92 Å². The Hall–Kier alpha value is -0.100. The van der Waals surface area contributed by atoms with Gasteiger partial charge in [0.25, 0.3) is 5.56 Å². The summed E-state index contributed by atoms with van der Waals surface area (Å²) in [5.74, 6) is -0.204. The zero-order chi connectivity index (χ0) is 7.72. The van der Waals surface area contributed by atoms with E-state index >= 15 is 0 Å². The molecule has 0 saturated heterocycles. The number of aromatic amines is 1. The van der Waals surface area contributed by atoms with Crippen LogP contribution in [0.15, 0.2) is 9.95 Å². The zero-order valence-corrected chi connectivity index (χ0v) is 9.03. The first-order valence-electron chi connectivity index (χ1n) is 2.58. The van der Waals surface area contributed by atoms with Gasteiger partial charge >= 0.3 is 29.6 Å². The number of H-pyrrole nitrogens is 1. The molecule has 6 heteroatoms. The zero-order valence-electron chi connectivity index (χ0n) is 6.21. The van der Waals surface area contributed by atoms with E-state index in [-0.39, 0.29) is 46.2 Å². The average Bonchev–Trinajstić information content (AvgIpc) is 1.82. The molecule has 54 valence electrons. The second-order valence-electron chi connectivity index (χ2n) is 1.82. The molecule has 2 N–H and O–H groups in total. The van der Waals surface area contributed by atoms with E-state index in [2.05, 4.69) is 22.6 Å². The van der Waals surface area contributed by atoms with Crippen LogP contribution in [-0.4, -0.2) is 15.1 Å². The van der Waals surface area contributed by atoms with Crippen LogP contribution in [0.3, 0.4) is 0 Å². The van der Waals surface area contributed by atoms with Crippen molar-refractivity contribution >= 4 is 12.6 Å². The van der Waals surface area contributed by atoms with Crippen molar-refractivity contribution in [1.29, 1.82) is 0 Å². The third-order valence-corrected chi connectivity index (χ3v) is 1.30. The molecule has 1 aromatic heterocycles. The van der Waals surface area contributed by atoms with Crippen LogP contribution in [0.2, 0.25) is 0 Å². The van der Waals surface area contributed by atoms with Crippen LogP contribution in [0.5, 0.6) is 5.88 Å². The minimum Gasteiger partial charge on any atom is -0.742 e. The fourth-order valence-corrected chi connectivity index (χ4v) is 0.680. The molecule has 11 heavy (non-hydrogen) atoms. The van der Waals surface area contributed by atoms with Crippen LogP contribution in [0.1, 0.15) is 5.56 Å². The second-order valence-corrected chi connectivity index (χ2v) is 2.21. The van der Waals surface area contributed by atoms with Gasteiger partial charge in [0.1, 0.15) is 0 Å². The number of nitrogens with one attached hydrogen (secondary N) is 1. The summed E-state index contributed by atoms with van der Waals surface area (Å²) in [4.78, 5) is 16.4. The first kappa shape index (κ1) is 10.9. The van der Waals surface area contributed by atoms with Gasteiger partial charge in [0.2, 0.25) is 0 Å². The van der Waals surface area contributed by atoms with Crippen molar-refractivity contribution in [1.82, 2.24) is 9.97 Å². The predicted molar refractivity (Wildman–Crippen MR) is 36.9 cm³/mol. The Labute approximate surface area is 90.8 Å². The molecule has 0 atom stereocenters. The summed E-state index contributed by atoms with van der Waals surface area (Å²) >= 11 is 4.52. The van der Waals surface area contributed by atoms with Crippen molar-refractivity contribution in [3.8, 4) is 5.88 Å². The van der Waals surface area contributed by atoms with Crippen molar-refractivity contribution < 1.29 is 34.7 Å². The van der Waals surface area contributed by atoms with Gasteiger partial charge in [-0.2, -0.15) is 0 Å². The largest absolute Gasteiger partial charge is 1.00 e. The Kier molecular flexibility index (Phi) is 4.02. The summed E-state index contributed by atoms with van der Waals surface area (Å²) in [6.07, 6.45) is 0. The molecule has 0 fully saturated rings. The number of aromatic hydroxyl groups is 1. The quantitative estimate of drug-likeness (QED) is 0.249. The molecule has 0 radical (unpaired) electrons. The summed E-state index contributed by atoms with van der Waals surface area (Å²) in [5, 5.41) is 8.93. The van der Waals surface area contributed by atoms with Crippen molar-refractivity contribution in [3.63, 3.8) is 0 Å². The van der Waals surface area contributed by atoms with E-state index in [1.165, 1.54) is 6.92 Å². The van der Waals surface area contributed by atoms with Crippen LogP contribution in [-0.2, 0) is 12.6 Å². The molecule has 0 saturated carbocycles. The van der Waals surface area contributed by atoms with Gasteiger partial charge in [-0.25, -0.2) is 4.98 Å². The minimum absolute atomic E-state index is 0. The van der Waals surface area contributed by atoms with Gasteiger partial charge in [-0.1, -0.05) is 0 Å². The molecule has 0 bridgehead atoms. The van der Waals surface area contributed by atoms with E-state index in [9.17, 15) is 4.79 Å². The van der Waals surface area contributed by atoms with Crippen LogP contribution >= 0.6 is 0 Å². The fourth-order valence-electron chi connectivity index (χ4n) is 0.500. The molecule has 1 aromatic rings. The van der Waals surface area contributed by atoms with Gasteiger partial charge in [0.15, 0.2) is 5.88 Å². The number of nitrogens with zero attached hydrogens (tertiary/aromatic N) is 1. The van der Waals surface area contributed by atoms with Gasteiger partial charge in [0.05, 0.1) is 5.56 Å². The van der Waals surface area contributed by atoms with Crippen LogP contribution in [0.4, 0.5) is 0 Å². The molecule has 0 aliphatic rings. The standard InChI is InChI=1S/C5H6N2O2S.Na/c1-2-3(8)6-5(10)7-4(2)9;/h1H3,(H3,6,7,8,9,10);/q;+1/p-1. The maximum absolute atomic E-state index is 10.7. The van der Waals surface area contributed by atoms with E-state index in [0.717, 1.165) is 0 Å². The third kappa shape index (κ3) is 2.44. The van der Waals surface area contributed by atoms with E-state index in [4.69, 9.17) is 5.11 Å². The Bertz CT molecular complexity index is 312. The third-order valence-electron chi connectivity index (χ3n) is 1.10. The van der Waals surface area contributed by atoms with Gasteiger partial charge in [-0.15, -0.1) is 0 Å². The molecule has 0 aromatic carbocycles. The maximum Gasteiger partial charge on any atom is 1.00 e. The number of hydrogen-bond acceptors (Lipinski definition) is 4. The van der Waals surface area contributed by atoms with E-state index in [1.807, 2.05) is 0 Å². The van der Waals surface area contributed by atoms with Crippen molar-refractivity contribution in [2.45, 2.75) is 12.1 Å². The average molecular weight is 180 g/mol. The van der Waals surface area contributed by atoms with Gasteiger partial charge in [0, 0.05) is 0 Å². The van der Waals surface area contributed by atoms with Gasteiger partial charge in [-0.3, -0.25) is 4.79 Å². The Morgan fingerprint density at radius 3 is 2.64 bits per heavy atom. The van der Waals surface area contributed by atoms with Crippen LogP contribution in [0.25, 0.3) is 0 Å². The van der Waals surface area contributed by atoms with E-state index in [1.54, 1.807) is 0 Å². The molecule has 0 amide bonds. The Morgan fingerprint density at radius 2 is 2.18 bits per heavy atom. The van der Waals surface area contributed by atoms with Gasteiger partial charge in [-0.05, 0) is 12.1 Å². The normalized spacial score (nSPS) is 8.82. The topological polar surface area (TPSA) is 66.0 Å². The van der Waals surface area contributed by atoms with Crippen molar-refractivity contribution in [2.75, 3.05) is 0 Å². The smallest absolute Gasteiger partial charge is 0.742 e. The minimum atomic E-state index is -0.485. The fraction of sp³-hybridized carbons (Fsp3) is 0.200. The number of aromatic nitrogens is 2. The van der Waals surface area contributed by atoms with E-state index < -0.39 is 5.56 Å². The molecule has 0 unspecified atom stereocenters. The molecular weight excluding hydrogens is 175 g/mol. The van der Waals surface area contributed by atoms with Crippen molar-refractivity contribution in [3.05, 3.63) is 15.9 Å². The van der Waals surface area contributed by atoms with E-state index in [0.29, 0.717) is 0 Å². The van der Waals surface area contributed by atoms with Crippen LogP contribution < -0.4 is 35.1 Å². The molecule has 0 aliphatic carbocycles. The molecular formula is C5H5N2NaO2S. The predicted octanol–water partition coefficient (Wildman–Crippen LogP) is -3.31. The summed E-state index contributed by atoms with van der Waals surface area (Å²) in [5.41, 5.74) is -0.296. The first-order valence-corrected chi connectivity index (χ1v) is 2.99. The molecule has 0 spiro atoms. The summed E-state index contributed by atoms with van der Waals surface area (Å²) < 4.78 is 0. The van der Waals surface area contributed by atoms with Crippen molar-refractivity contribution in [2.24, 2.45) is 0 Å². The summed E-state index contributed by atoms with van der Waals surface area (Å²) in [6.45, 7) is 1.47.